The number of hydrogen-bond acceptors (Lipinski definition) is 0. The quantitative estimate of drug-likeness (QED) is 0.477. The normalized spacial score (nSPS) is 16.1. The van der Waals surface area contributed by atoms with Crippen LogP contribution in [0, 0.1) is 0 Å². The van der Waals surface area contributed by atoms with Crippen molar-refractivity contribution >= 4 is 31.9 Å². The molecule has 0 atom stereocenters. The van der Waals surface area contributed by atoms with E-state index >= 15 is 0 Å². The molecular formula is C21H18Br2. The molecule has 2 aliphatic carbocycles. The van der Waals surface area contributed by atoms with Crippen LogP contribution < -0.4 is 0 Å². The van der Waals surface area contributed by atoms with Crippen LogP contribution in [-0.4, -0.2) is 0 Å². The van der Waals surface area contributed by atoms with E-state index < -0.39 is 0 Å². The smallest absolute Gasteiger partial charge is 0.0178 e. The Labute approximate surface area is 154 Å². The predicted molar refractivity (Wildman–Crippen MR) is 105 cm³/mol. The summed E-state index contributed by atoms with van der Waals surface area (Å²) in [7, 11) is 0. The molecule has 0 amide bonds. The fourth-order valence-electron chi connectivity index (χ4n) is 3.85. The first kappa shape index (κ1) is 15.4. The lowest BCUT2D eigenvalue weighted by Gasteiger charge is -2.14. The molecule has 0 saturated carbocycles. The molecule has 0 spiro atoms. The van der Waals surface area contributed by atoms with Crippen LogP contribution in [-0.2, 0) is 0 Å². The minimum absolute atomic E-state index is 0.497. The second-order valence-electron chi connectivity index (χ2n) is 6.51. The maximum Gasteiger partial charge on any atom is 0.0178 e. The van der Waals surface area contributed by atoms with Gasteiger partial charge < -0.3 is 0 Å². The number of benzene rings is 2. The summed E-state index contributed by atoms with van der Waals surface area (Å²) in [4.78, 5) is 0. The lowest BCUT2D eigenvalue weighted by molar-refractivity contribution is 0.718. The van der Waals surface area contributed by atoms with Gasteiger partial charge in [0, 0.05) is 14.9 Å². The van der Waals surface area contributed by atoms with Crippen LogP contribution in [0.4, 0.5) is 0 Å². The minimum atomic E-state index is 0.497. The zero-order chi connectivity index (χ0) is 16.0. The zero-order valence-electron chi connectivity index (χ0n) is 13.1. The standard InChI is InChI=1S/C21H18Br2/c1-13-2-3-14(10-13)4-7-19-20-11-15(22)5-8-17(20)18-9-6-16(23)12-21(18)19/h2,5-6,8-12,19H,3-4,7H2,1H3. The van der Waals surface area contributed by atoms with E-state index in [1.165, 1.54) is 49.6 Å². The molecule has 0 radical (unpaired) electrons. The lowest BCUT2D eigenvalue weighted by atomic mass is 9.90. The molecule has 2 aromatic carbocycles. The highest BCUT2D eigenvalue weighted by Crippen LogP contribution is 2.48. The van der Waals surface area contributed by atoms with Crippen LogP contribution in [0.2, 0.25) is 0 Å². The average molecular weight is 430 g/mol. The predicted octanol–water partition coefficient (Wildman–Crippen LogP) is 7.38. The van der Waals surface area contributed by atoms with Gasteiger partial charge in [-0.3, -0.25) is 0 Å². The molecule has 0 bridgehead atoms. The van der Waals surface area contributed by atoms with Gasteiger partial charge in [0.25, 0.3) is 0 Å². The van der Waals surface area contributed by atoms with Gasteiger partial charge in [0.05, 0.1) is 0 Å². The molecule has 2 aromatic rings. The van der Waals surface area contributed by atoms with Crippen LogP contribution >= 0.6 is 31.9 Å². The Morgan fingerprint density at radius 2 is 1.57 bits per heavy atom. The Kier molecular flexibility index (Phi) is 4.07. The Hall–Kier alpha value is -1.12. The van der Waals surface area contributed by atoms with Gasteiger partial charge in [0.15, 0.2) is 0 Å². The van der Waals surface area contributed by atoms with Crippen LogP contribution in [0.5, 0.6) is 0 Å². The molecule has 2 heteroatoms. The van der Waals surface area contributed by atoms with Crippen molar-refractivity contribution in [1.82, 2.24) is 0 Å². The Morgan fingerprint density at radius 3 is 2.09 bits per heavy atom. The summed E-state index contributed by atoms with van der Waals surface area (Å²) < 4.78 is 2.34. The van der Waals surface area contributed by atoms with E-state index in [0.29, 0.717) is 5.92 Å². The van der Waals surface area contributed by atoms with Gasteiger partial charge in [0.2, 0.25) is 0 Å². The maximum atomic E-state index is 3.65. The van der Waals surface area contributed by atoms with Gasteiger partial charge in [-0.15, -0.1) is 0 Å². The first-order valence-corrected chi connectivity index (χ1v) is 9.66. The van der Waals surface area contributed by atoms with E-state index in [9.17, 15) is 0 Å². The van der Waals surface area contributed by atoms with E-state index in [1.807, 2.05) is 0 Å². The highest BCUT2D eigenvalue weighted by molar-refractivity contribution is 9.10. The van der Waals surface area contributed by atoms with Gasteiger partial charge in [0.1, 0.15) is 0 Å². The van der Waals surface area contributed by atoms with Crippen molar-refractivity contribution in [3.63, 3.8) is 0 Å². The number of halogens is 2. The van der Waals surface area contributed by atoms with Crippen LogP contribution in [0.1, 0.15) is 43.2 Å². The highest BCUT2D eigenvalue weighted by atomic mass is 79.9. The van der Waals surface area contributed by atoms with Crippen LogP contribution in [0.25, 0.3) is 11.1 Å². The van der Waals surface area contributed by atoms with Crippen LogP contribution in [0.3, 0.4) is 0 Å². The average Bonchev–Trinajstić information content (AvgIpc) is 3.06. The summed E-state index contributed by atoms with van der Waals surface area (Å²) >= 11 is 7.30. The molecule has 0 N–H and O–H groups in total. The third kappa shape index (κ3) is 2.88. The minimum Gasteiger partial charge on any atom is -0.0775 e. The topological polar surface area (TPSA) is 0 Å². The van der Waals surface area contributed by atoms with E-state index in [2.05, 4.69) is 87.3 Å². The number of hydrogen-bond donors (Lipinski definition) is 0. The summed E-state index contributed by atoms with van der Waals surface area (Å²) in [5.41, 5.74) is 8.72. The molecule has 0 fully saturated rings. The molecule has 0 unspecified atom stereocenters. The number of fused-ring (bicyclic) bond motifs is 3. The molecule has 0 aromatic heterocycles. The molecule has 0 heterocycles. The molecular weight excluding hydrogens is 412 g/mol. The van der Waals surface area contributed by atoms with E-state index in [4.69, 9.17) is 0 Å². The van der Waals surface area contributed by atoms with Gasteiger partial charge in [-0.2, -0.15) is 0 Å². The van der Waals surface area contributed by atoms with Crippen LogP contribution in [0.15, 0.2) is 68.6 Å². The van der Waals surface area contributed by atoms with Gasteiger partial charge in [-0.1, -0.05) is 67.3 Å². The molecule has 2 aliphatic rings. The Balaban J connectivity index is 1.70. The summed E-state index contributed by atoms with van der Waals surface area (Å²) in [6.07, 6.45) is 8.18. The fourth-order valence-corrected chi connectivity index (χ4v) is 4.61. The van der Waals surface area contributed by atoms with Crippen molar-refractivity contribution in [1.29, 1.82) is 0 Å². The third-order valence-corrected chi connectivity index (χ3v) is 5.93. The van der Waals surface area contributed by atoms with Crippen molar-refractivity contribution in [3.05, 3.63) is 79.8 Å². The van der Waals surface area contributed by atoms with E-state index in [-0.39, 0.29) is 0 Å². The Bertz CT molecular complexity index is 791. The third-order valence-electron chi connectivity index (χ3n) is 4.94. The number of rotatable bonds is 3. The van der Waals surface area contributed by atoms with Gasteiger partial charge in [-0.25, -0.2) is 0 Å². The Morgan fingerprint density at radius 1 is 0.957 bits per heavy atom. The highest BCUT2D eigenvalue weighted by Gasteiger charge is 2.28. The molecule has 4 rings (SSSR count). The fraction of sp³-hybridized carbons (Fsp3) is 0.238. The lowest BCUT2D eigenvalue weighted by Crippen LogP contribution is -1.98. The van der Waals surface area contributed by atoms with Crippen molar-refractivity contribution in [3.8, 4) is 11.1 Å². The summed E-state index contributed by atoms with van der Waals surface area (Å²) in [6.45, 7) is 2.20. The number of allylic oxidation sites excluding steroid dienone is 4. The second kappa shape index (κ2) is 6.07. The van der Waals surface area contributed by atoms with E-state index in [0.717, 1.165) is 6.42 Å². The monoisotopic (exact) mass is 428 g/mol. The summed E-state index contributed by atoms with van der Waals surface area (Å²) in [5.74, 6) is 0.497. The second-order valence-corrected chi connectivity index (χ2v) is 8.34. The first-order valence-electron chi connectivity index (χ1n) is 8.07. The SMILES string of the molecule is CC1=CCC(CCC2c3cc(Br)ccc3-c3ccc(Br)cc32)=C1. The van der Waals surface area contributed by atoms with Gasteiger partial charge >= 0.3 is 0 Å². The molecule has 0 aliphatic heterocycles. The molecule has 116 valence electrons. The van der Waals surface area contributed by atoms with Crippen molar-refractivity contribution in [2.75, 3.05) is 0 Å². The zero-order valence-corrected chi connectivity index (χ0v) is 16.2. The molecule has 0 nitrogen and oxygen atoms in total. The summed E-state index contributed by atoms with van der Waals surface area (Å²) in [5, 5.41) is 0. The molecule has 0 saturated heterocycles. The van der Waals surface area contributed by atoms with Crippen molar-refractivity contribution < 1.29 is 0 Å². The van der Waals surface area contributed by atoms with Crippen molar-refractivity contribution in [2.24, 2.45) is 0 Å². The first-order chi connectivity index (χ1) is 11.1. The van der Waals surface area contributed by atoms with Crippen molar-refractivity contribution in [2.45, 2.75) is 32.1 Å². The maximum absolute atomic E-state index is 3.65. The van der Waals surface area contributed by atoms with E-state index in [1.54, 1.807) is 5.57 Å². The summed E-state index contributed by atoms with van der Waals surface area (Å²) in [6, 6.07) is 13.4. The van der Waals surface area contributed by atoms with Gasteiger partial charge in [-0.05, 0) is 72.7 Å². The molecule has 23 heavy (non-hydrogen) atoms. The largest absolute Gasteiger partial charge is 0.0775 e.